The zero-order valence-corrected chi connectivity index (χ0v) is 14.0. The fourth-order valence-corrected chi connectivity index (χ4v) is 5.10. The largest absolute Gasteiger partial charge is 0.389 e. The maximum atomic E-state index is 12.0. The van der Waals surface area contributed by atoms with E-state index >= 15 is 0 Å². The summed E-state index contributed by atoms with van der Waals surface area (Å²) in [4.78, 5) is -0.0514. The molecule has 4 nitrogen and oxygen atoms in total. The molecule has 1 aromatic heterocycles. The van der Waals surface area contributed by atoms with Gasteiger partial charge in [0.05, 0.1) is 9.94 Å². The summed E-state index contributed by atoms with van der Waals surface area (Å²) in [6.07, 6.45) is 0.494. The Morgan fingerprint density at radius 3 is 2.47 bits per heavy atom. The topological polar surface area (TPSA) is 66.4 Å². The highest BCUT2D eigenvalue weighted by molar-refractivity contribution is 7.89. The predicted octanol–water partition coefficient (Wildman–Crippen LogP) is 3.13. The molecule has 1 aromatic rings. The van der Waals surface area contributed by atoms with Gasteiger partial charge in [0.25, 0.3) is 0 Å². The number of sulfonamides is 1. The Morgan fingerprint density at radius 2 is 2.05 bits per heavy atom. The first-order valence-corrected chi connectivity index (χ1v) is 8.76. The molecule has 0 aliphatic rings. The van der Waals surface area contributed by atoms with Gasteiger partial charge in [-0.2, -0.15) is 0 Å². The highest BCUT2D eigenvalue weighted by Gasteiger charge is 2.27. The van der Waals surface area contributed by atoms with Crippen LogP contribution in [-0.4, -0.2) is 25.7 Å². The number of aliphatic hydroxyl groups is 1. The van der Waals surface area contributed by atoms with Gasteiger partial charge < -0.3 is 5.11 Å². The standard InChI is InChI=1S/C11H17Cl2NO3S2/c1-7(2)5-11(3,15)6-14-19(16,17)8-4-9(12)18-10(8)13/h4,7,14-15H,5-6H2,1-3H3. The van der Waals surface area contributed by atoms with Gasteiger partial charge in [0.2, 0.25) is 10.0 Å². The average molecular weight is 346 g/mol. The molecule has 0 amide bonds. The molecule has 110 valence electrons. The Bertz CT molecular complexity index is 538. The first-order valence-electron chi connectivity index (χ1n) is 5.70. The van der Waals surface area contributed by atoms with E-state index in [1.165, 1.54) is 6.07 Å². The van der Waals surface area contributed by atoms with Crippen molar-refractivity contribution in [2.75, 3.05) is 6.54 Å². The molecule has 0 aromatic carbocycles. The molecule has 0 aliphatic carbocycles. The van der Waals surface area contributed by atoms with Crippen molar-refractivity contribution < 1.29 is 13.5 Å². The highest BCUT2D eigenvalue weighted by atomic mass is 35.5. The van der Waals surface area contributed by atoms with Crippen molar-refractivity contribution in [1.29, 1.82) is 0 Å². The average Bonchev–Trinajstić information content (AvgIpc) is 2.54. The zero-order valence-electron chi connectivity index (χ0n) is 10.9. The van der Waals surface area contributed by atoms with Crippen LogP contribution in [0.4, 0.5) is 0 Å². The number of hydrogen-bond donors (Lipinski definition) is 2. The summed E-state index contributed by atoms with van der Waals surface area (Å²) in [6, 6.07) is 1.30. The Balaban J connectivity index is 2.79. The molecule has 1 unspecified atom stereocenters. The van der Waals surface area contributed by atoms with E-state index < -0.39 is 15.6 Å². The Morgan fingerprint density at radius 1 is 1.47 bits per heavy atom. The van der Waals surface area contributed by atoms with Gasteiger partial charge in [-0.15, -0.1) is 11.3 Å². The molecule has 8 heteroatoms. The van der Waals surface area contributed by atoms with E-state index in [1.807, 2.05) is 13.8 Å². The van der Waals surface area contributed by atoms with E-state index in [2.05, 4.69) is 4.72 Å². The fourth-order valence-electron chi connectivity index (χ4n) is 1.79. The van der Waals surface area contributed by atoms with E-state index in [0.29, 0.717) is 10.8 Å². The molecule has 0 spiro atoms. The summed E-state index contributed by atoms with van der Waals surface area (Å²) >= 11 is 12.5. The third kappa shape index (κ3) is 5.21. The van der Waals surface area contributed by atoms with E-state index in [-0.39, 0.29) is 21.7 Å². The molecule has 0 fully saturated rings. The predicted molar refractivity (Wildman–Crippen MR) is 79.6 cm³/mol. The molecule has 2 N–H and O–H groups in total. The van der Waals surface area contributed by atoms with Gasteiger partial charge in [-0.05, 0) is 25.3 Å². The van der Waals surface area contributed by atoms with Crippen LogP contribution in [0.25, 0.3) is 0 Å². The SMILES string of the molecule is CC(C)CC(C)(O)CNS(=O)(=O)c1cc(Cl)sc1Cl. The van der Waals surface area contributed by atoms with Gasteiger partial charge in [-0.1, -0.05) is 37.0 Å². The van der Waals surface area contributed by atoms with E-state index in [1.54, 1.807) is 6.92 Å². The lowest BCUT2D eigenvalue weighted by Crippen LogP contribution is -2.41. The molecule has 0 radical (unpaired) electrons. The summed E-state index contributed by atoms with van der Waals surface area (Å²) in [5.41, 5.74) is -1.10. The number of hydrogen-bond acceptors (Lipinski definition) is 4. The van der Waals surface area contributed by atoms with Crippen molar-refractivity contribution >= 4 is 44.6 Å². The van der Waals surface area contributed by atoms with Crippen molar-refractivity contribution in [2.45, 2.75) is 37.7 Å². The van der Waals surface area contributed by atoms with E-state index in [9.17, 15) is 13.5 Å². The molecule has 19 heavy (non-hydrogen) atoms. The monoisotopic (exact) mass is 345 g/mol. The minimum atomic E-state index is -3.76. The van der Waals surface area contributed by atoms with Crippen LogP contribution >= 0.6 is 34.5 Å². The number of nitrogens with one attached hydrogen (secondary N) is 1. The quantitative estimate of drug-likeness (QED) is 0.832. The Hall–Kier alpha value is 0.150. The summed E-state index contributed by atoms with van der Waals surface area (Å²) in [5, 5.41) is 10.1. The number of thiophene rings is 1. The summed E-state index contributed by atoms with van der Waals surface area (Å²) < 4.78 is 26.9. The molecule has 1 atom stereocenters. The summed E-state index contributed by atoms with van der Waals surface area (Å²) in [6.45, 7) is 5.44. The summed E-state index contributed by atoms with van der Waals surface area (Å²) in [5.74, 6) is 0.263. The first-order chi connectivity index (χ1) is 8.53. The third-order valence-corrected chi connectivity index (χ3v) is 5.56. The smallest absolute Gasteiger partial charge is 0.243 e. The van der Waals surface area contributed by atoms with Crippen LogP contribution in [0.15, 0.2) is 11.0 Å². The maximum absolute atomic E-state index is 12.0. The second-order valence-electron chi connectivity index (χ2n) is 5.11. The van der Waals surface area contributed by atoms with E-state index in [4.69, 9.17) is 23.2 Å². The minimum Gasteiger partial charge on any atom is -0.389 e. The number of halogens is 2. The van der Waals surface area contributed by atoms with Crippen LogP contribution in [0.3, 0.4) is 0 Å². The number of rotatable bonds is 6. The second kappa shape index (κ2) is 6.28. The first kappa shape index (κ1) is 17.2. The van der Waals surface area contributed by atoms with Crippen molar-refractivity contribution in [3.63, 3.8) is 0 Å². The Labute approximate surface area is 127 Å². The maximum Gasteiger partial charge on any atom is 0.243 e. The zero-order chi connectivity index (χ0) is 14.8. The van der Waals surface area contributed by atoms with Crippen LogP contribution in [-0.2, 0) is 10.0 Å². The van der Waals surface area contributed by atoms with Crippen LogP contribution in [0.2, 0.25) is 8.67 Å². The fraction of sp³-hybridized carbons (Fsp3) is 0.636. The second-order valence-corrected chi connectivity index (χ2v) is 9.13. The molecular formula is C11H17Cl2NO3S2. The lowest BCUT2D eigenvalue weighted by Gasteiger charge is -2.25. The van der Waals surface area contributed by atoms with Crippen molar-refractivity contribution in [2.24, 2.45) is 5.92 Å². The third-order valence-electron chi connectivity index (χ3n) is 2.41. The van der Waals surface area contributed by atoms with Gasteiger partial charge in [0, 0.05) is 6.54 Å². The van der Waals surface area contributed by atoms with Gasteiger partial charge in [0.15, 0.2) is 0 Å². The summed E-state index contributed by atoms with van der Waals surface area (Å²) in [7, 11) is -3.76. The molecule has 1 rings (SSSR count). The van der Waals surface area contributed by atoms with E-state index in [0.717, 1.165) is 11.3 Å². The lowest BCUT2D eigenvalue weighted by molar-refractivity contribution is 0.0437. The lowest BCUT2D eigenvalue weighted by atomic mass is 9.95. The van der Waals surface area contributed by atoms with Gasteiger partial charge in [-0.25, -0.2) is 13.1 Å². The molecule has 1 heterocycles. The normalized spacial score (nSPS) is 15.7. The molecular weight excluding hydrogens is 329 g/mol. The molecule has 0 saturated carbocycles. The highest BCUT2D eigenvalue weighted by Crippen LogP contribution is 2.34. The van der Waals surface area contributed by atoms with Crippen LogP contribution < -0.4 is 4.72 Å². The van der Waals surface area contributed by atoms with Gasteiger partial charge >= 0.3 is 0 Å². The Kier molecular flexibility index (Phi) is 5.69. The van der Waals surface area contributed by atoms with Crippen LogP contribution in [0.5, 0.6) is 0 Å². The van der Waals surface area contributed by atoms with Crippen LogP contribution in [0.1, 0.15) is 27.2 Å². The van der Waals surface area contributed by atoms with Gasteiger partial charge in [-0.3, -0.25) is 0 Å². The van der Waals surface area contributed by atoms with Crippen LogP contribution in [0, 0.1) is 5.92 Å². The molecule has 0 aliphatic heterocycles. The van der Waals surface area contributed by atoms with Crippen molar-refractivity contribution in [3.05, 3.63) is 14.7 Å². The van der Waals surface area contributed by atoms with Crippen molar-refractivity contribution in [3.8, 4) is 0 Å². The van der Waals surface area contributed by atoms with Gasteiger partial charge in [0.1, 0.15) is 9.23 Å². The molecule has 0 bridgehead atoms. The van der Waals surface area contributed by atoms with Crippen molar-refractivity contribution in [1.82, 2.24) is 4.72 Å². The minimum absolute atomic E-state index is 0.0514. The molecule has 0 saturated heterocycles.